The zero-order valence-corrected chi connectivity index (χ0v) is 23.1. The third kappa shape index (κ3) is 3.74. The minimum Gasteiger partial charge on any atom is -0.870 e. The standard InChI is InChI=1S/C40H28N.H2O/c1-5-21-33-29(13-1)17-9-25-37(33)41(38-26-10-18-30-14-2-6-22-34(30)38,39-27-11-19-31-15-3-7-23-35(31)39)40-28-12-20-32-16-4-8-24-36(32)40;/h1-28H;1H2/q+1;/p-1. The first-order chi connectivity index (χ1) is 20.4. The number of nitrogens with zero attached hydrogens (tertiary/aromatic N) is 1. The molecule has 0 aliphatic carbocycles. The molecule has 42 heavy (non-hydrogen) atoms. The molecule has 8 aromatic carbocycles. The Morgan fingerprint density at radius 3 is 0.714 bits per heavy atom. The molecule has 8 rings (SSSR count). The summed E-state index contributed by atoms with van der Waals surface area (Å²) in [5.41, 5.74) is 4.92. The second-order valence-corrected chi connectivity index (χ2v) is 10.7. The molecule has 0 atom stereocenters. The molecule has 2 heteroatoms. The van der Waals surface area contributed by atoms with Crippen LogP contribution in [0.25, 0.3) is 43.1 Å². The van der Waals surface area contributed by atoms with Crippen molar-refractivity contribution in [1.29, 1.82) is 0 Å². The number of hydrogen-bond donors (Lipinski definition) is 0. The summed E-state index contributed by atoms with van der Waals surface area (Å²) in [5.74, 6) is 0. The lowest BCUT2D eigenvalue weighted by atomic mass is 9.95. The third-order valence-electron chi connectivity index (χ3n) is 8.51. The van der Waals surface area contributed by atoms with Gasteiger partial charge in [0.2, 0.25) is 0 Å². The van der Waals surface area contributed by atoms with Crippen LogP contribution in [0.2, 0.25) is 0 Å². The minimum absolute atomic E-state index is 0. The summed E-state index contributed by atoms with van der Waals surface area (Å²) in [6.45, 7) is 0. The van der Waals surface area contributed by atoms with Crippen molar-refractivity contribution in [3.63, 3.8) is 0 Å². The van der Waals surface area contributed by atoms with Crippen LogP contribution in [-0.4, -0.2) is 5.48 Å². The maximum atomic E-state index is 2.33. The third-order valence-corrected chi connectivity index (χ3v) is 8.51. The van der Waals surface area contributed by atoms with E-state index in [2.05, 4.69) is 170 Å². The number of quaternary nitrogens is 1. The van der Waals surface area contributed by atoms with Crippen LogP contribution in [0.15, 0.2) is 170 Å². The first-order valence-electron chi connectivity index (χ1n) is 14.2. The Kier molecular flexibility index (Phi) is 6.28. The van der Waals surface area contributed by atoms with Crippen molar-refractivity contribution >= 4 is 65.8 Å². The van der Waals surface area contributed by atoms with Crippen LogP contribution in [0.1, 0.15) is 0 Å². The van der Waals surface area contributed by atoms with Gasteiger partial charge in [-0.3, -0.25) is 0 Å². The fraction of sp³-hybridized carbons (Fsp3) is 0. The van der Waals surface area contributed by atoms with Crippen LogP contribution in [0.3, 0.4) is 0 Å². The van der Waals surface area contributed by atoms with Crippen molar-refractivity contribution in [2.45, 2.75) is 0 Å². The summed E-state index contributed by atoms with van der Waals surface area (Å²) >= 11 is 0. The highest BCUT2D eigenvalue weighted by atomic mass is 16.0. The highest BCUT2D eigenvalue weighted by Gasteiger charge is 2.43. The van der Waals surface area contributed by atoms with Gasteiger partial charge >= 0.3 is 0 Å². The van der Waals surface area contributed by atoms with Crippen molar-refractivity contribution in [2.24, 2.45) is 0 Å². The average Bonchev–Trinajstić information content (AvgIpc) is 3.05. The van der Waals surface area contributed by atoms with Crippen LogP contribution in [0.5, 0.6) is 0 Å². The molecule has 1 N–H and O–H groups in total. The van der Waals surface area contributed by atoms with Crippen molar-refractivity contribution in [1.82, 2.24) is 4.48 Å². The smallest absolute Gasteiger partial charge is 0.156 e. The van der Waals surface area contributed by atoms with Gasteiger partial charge in [-0.15, -0.1) is 0 Å². The van der Waals surface area contributed by atoms with Gasteiger partial charge in [-0.25, -0.2) is 0 Å². The van der Waals surface area contributed by atoms with Crippen LogP contribution in [0, 0.1) is 0 Å². The van der Waals surface area contributed by atoms with E-state index in [1.165, 1.54) is 65.8 Å². The highest BCUT2D eigenvalue weighted by Crippen LogP contribution is 2.58. The van der Waals surface area contributed by atoms with Gasteiger partial charge in [-0.1, -0.05) is 121 Å². The molecule has 0 spiro atoms. The summed E-state index contributed by atoms with van der Waals surface area (Å²) in [6, 6.07) is 62.3. The second-order valence-electron chi connectivity index (χ2n) is 10.7. The molecule has 8 aromatic rings. The molecule has 200 valence electrons. The fourth-order valence-corrected chi connectivity index (χ4v) is 6.78. The Bertz CT molecular complexity index is 1890. The molecule has 0 saturated heterocycles. The van der Waals surface area contributed by atoms with E-state index >= 15 is 0 Å². The van der Waals surface area contributed by atoms with Crippen LogP contribution in [0.4, 0.5) is 22.7 Å². The van der Waals surface area contributed by atoms with E-state index in [1.807, 2.05) is 0 Å². The molecule has 0 amide bonds. The van der Waals surface area contributed by atoms with Crippen LogP contribution >= 0.6 is 0 Å². The summed E-state index contributed by atoms with van der Waals surface area (Å²) in [6.07, 6.45) is 0. The van der Waals surface area contributed by atoms with E-state index in [0.717, 1.165) is 0 Å². The van der Waals surface area contributed by atoms with Crippen molar-refractivity contribution in [3.8, 4) is 0 Å². The highest BCUT2D eigenvalue weighted by molar-refractivity contribution is 6.12. The Balaban J connectivity index is 0.00000288. The maximum Gasteiger partial charge on any atom is 0.156 e. The van der Waals surface area contributed by atoms with Crippen molar-refractivity contribution in [3.05, 3.63) is 170 Å². The van der Waals surface area contributed by atoms with E-state index in [-0.39, 0.29) is 5.48 Å². The molecule has 2 nitrogen and oxygen atoms in total. The lowest BCUT2D eigenvalue weighted by Crippen LogP contribution is -2.34. The average molecular weight is 540 g/mol. The predicted molar refractivity (Wildman–Crippen MR) is 179 cm³/mol. The maximum absolute atomic E-state index is 2.33. The zero-order valence-electron chi connectivity index (χ0n) is 23.1. The van der Waals surface area contributed by atoms with Gasteiger partial charge in [-0.05, 0) is 45.8 Å². The van der Waals surface area contributed by atoms with Gasteiger partial charge in [-0.2, -0.15) is 4.48 Å². The second kappa shape index (κ2) is 10.3. The molecule has 0 radical (unpaired) electrons. The Labute approximate surface area is 245 Å². The first kappa shape index (κ1) is 25.7. The normalized spacial score (nSPS) is 11.6. The van der Waals surface area contributed by atoms with Crippen LogP contribution in [-0.2, 0) is 0 Å². The van der Waals surface area contributed by atoms with Gasteiger partial charge in [0.15, 0.2) is 22.7 Å². The molecule has 0 heterocycles. The molecule has 0 aliphatic rings. The molecule has 0 bridgehead atoms. The van der Waals surface area contributed by atoms with Gasteiger partial charge in [0, 0.05) is 45.8 Å². The largest absolute Gasteiger partial charge is 0.870 e. The van der Waals surface area contributed by atoms with Gasteiger partial charge in [0.25, 0.3) is 0 Å². The molecule has 0 aliphatic heterocycles. The van der Waals surface area contributed by atoms with E-state index in [4.69, 9.17) is 0 Å². The molecular weight excluding hydrogens is 510 g/mol. The van der Waals surface area contributed by atoms with Crippen molar-refractivity contribution in [2.75, 3.05) is 0 Å². The summed E-state index contributed by atoms with van der Waals surface area (Å²) in [7, 11) is 0. The lowest BCUT2D eigenvalue weighted by molar-refractivity contribution is 0.726. The number of fused-ring (bicyclic) bond motifs is 4. The van der Waals surface area contributed by atoms with Crippen LogP contribution < -0.4 is 4.48 Å². The Morgan fingerprint density at radius 2 is 0.452 bits per heavy atom. The topological polar surface area (TPSA) is 30.0 Å². The summed E-state index contributed by atoms with van der Waals surface area (Å²) < 4.78 is 0.450. The van der Waals surface area contributed by atoms with Gasteiger partial charge < -0.3 is 5.48 Å². The first-order valence-corrected chi connectivity index (χ1v) is 14.2. The summed E-state index contributed by atoms with van der Waals surface area (Å²) in [5, 5.41) is 9.88. The molecule has 0 saturated carbocycles. The van der Waals surface area contributed by atoms with E-state index in [1.54, 1.807) is 0 Å². The van der Waals surface area contributed by atoms with E-state index in [9.17, 15) is 0 Å². The molecular formula is C40H29NO. The fourth-order valence-electron chi connectivity index (χ4n) is 6.78. The SMILES string of the molecule is [OH-].c1ccc2c([N+](c3cccc4ccccc34)(c3cccc4ccccc34)c3cccc4ccccc34)cccc2c1. The number of benzene rings is 8. The molecule has 0 aromatic heterocycles. The lowest BCUT2D eigenvalue weighted by Gasteiger charge is -2.39. The Morgan fingerprint density at radius 1 is 0.238 bits per heavy atom. The number of hydrogen-bond acceptors (Lipinski definition) is 1. The van der Waals surface area contributed by atoms with Gasteiger partial charge in [0.1, 0.15) is 0 Å². The minimum atomic E-state index is 0. The zero-order chi connectivity index (χ0) is 27.2. The monoisotopic (exact) mass is 539 g/mol. The number of rotatable bonds is 4. The van der Waals surface area contributed by atoms with E-state index < -0.39 is 0 Å². The molecule has 0 unspecified atom stereocenters. The van der Waals surface area contributed by atoms with Crippen molar-refractivity contribution < 1.29 is 5.48 Å². The van der Waals surface area contributed by atoms with E-state index in [0.29, 0.717) is 4.48 Å². The predicted octanol–water partition coefficient (Wildman–Crippen LogP) is 11.4. The quantitative estimate of drug-likeness (QED) is 0.205. The Hall–Kier alpha value is -5.28. The molecule has 0 fully saturated rings. The summed E-state index contributed by atoms with van der Waals surface area (Å²) in [4.78, 5) is 0. The van der Waals surface area contributed by atoms with Gasteiger partial charge in [0.05, 0.1) is 0 Å².